The van der Waals surface area contributed by atoms with Gasteiger partial charge in [0, 0.05) is 12.2 Å². The second kappa shape index (κ2) is 3.53. The third-order valence-corrected chi connectivity index (χ3v) is 0.504. The molecule has 7 heavy (non-hydrogen) atoms. The van der Waals surface area contributed by atoms with Gasteiger partial charge in [-0.2, -0.15) is 0 Å². The predicted molar refractivity (Wildman–Crippen MR) is 30.0 cm³/mol. The Balaban J connectivity index is 2.97. The molecule has 0 aliphatic rings. The monoisotopic (exact) mass is 101 g/mol. The molecule has 0 heterocycles. The predicted octanol–water partition coefficient (Wildman–Crippen LogP) is 1.01. The quantitative estimate of drug-likeness (QED) is 0.509. The maximum Gasteiger partial charge on any atom is 0.0948 e. The van der Waals surface area contributed by atoms with Gasteiger partial charge in [-0.05, 0) is 13.8 Å². The van der Waals surface area contributed by atoms with Gasteiger partial charge >= 0.3 is 0 Å². The van der Waals surface area contributed by atoms with Crippen molar-refractivity contribution in [1.29, 1.82) is 0 Å². The Labute approximate surface area is 43.9 Å². The summed E-state index contributed by atoms with van der Waals surface area (Å²) < 4.78 is 0. The van der Waals surface area contributed by atoms with Crippen LogP contribution in [0.15, 0.2) is 12.5 Å². The lowest BCUT2D eigenvalue weighted by molar-refractivity contribution is 0.466. The van der Waals surface area contributed by atoms with Gasteiger partial charge < -0.3 is 10.4 Å². The first kappa shape index (κ1) is 6.34. The van der Waals surface area contributed by atoms with Crippen LogP contribution in [-0.2, 0) is 0 Å². The molecule has 0 amide bonds. The molecule has 2 heteroatoms. The van der Waals surface area contributed by atoms with E-state index in [1.807, 2.05) is 13.8 Å². The van der Waals surface area contributed by atoms with Crippen LogP contribution in [0.5, 0.6) is 0 Å². The van der Waals surface area contributed by atoms with Crippen molar-refractivity contribution >= 4 is 0 Å². The van der Waals surface area contributed by atoms with E-state index in [0.29, 0.717) is 6.04 Å². The van der Waals surface area contributed by atoms with E-state index in [9.17, 15) is 0 Å². The lowest BCUT2D eigenvalue weighted by Gasteiger charge is -1.99. The summed E-state index contributed by atoms with van der Waals surface area (Å²) in [5.74, 6) is 0. The first-order valence-corrected chi connectivity index (χ1v) is 2.32. The number of hydrogen-bond donors (Lipinski definition) is 2. The molecule has 0 rings (SSSR count). The molecule has 0 saturated heterocycles. The average molecular weight is 101 g/mol. The molecule has 0 unspecified atom stereocenters. The molecule has 0 aromatic heterocycles. The second-order valence-corrected chi connectivity index (χ2v) is 1.64. The summed E-state index contributed by atoms with van der Waals surface area (Å²) in [4.78, 5) is 0. The third kappa shape index (κ3) is 5.34. The molecule has 0 aromatic carbocycles. The zero-order valence-corrected chi connectivity index (χ0v) is 4.68. The molecular weight excluding hydrogens is 90.1 g/mol. The summed E-state index contributed by atoms with van der Waals surface area (Å²) in [6.07, 6.45) is 2.49. The topological polar surface area (TPSA) is 32.3 Å². The number of hydrogen-bond acceptors (Lipinski definition) is 2. The molecule has 0 aliphatic carbocycles. The van der Waals surface area contributed by atoms with Crippen LogP contribution in [0.2, 0.25) is 0 Å². The van der Waals surface area contributed by atoms with Crippen LogP contribution in [0.25, 0.3) is 0 Å². The van der Waals surface area contributed by atoms with Crippen molar-refractivity contribution in [2.45, 2.75) is 19.9 Å². The number of aliphatic hydroxyl groups is 1. The maximum absolute atomic E-state index is 8.07. The minimum Gasteiger partial charge on any atom is -0.514 e. The van der Waals surface area contributed by atoms with Crippen molar-refractivity contribution in [2.75, 3.05) is 0 Å². The third-order valence-electron chi connectivity index (χ3n) is 0.504. The van der Waals surface area contributed by atoms with Crippen LogP contribution in [0.3, 0.4) is 0 Å². The van der Waals surface area contributed by atoms with Gasteiger partial charge in [-0.15, -0.1) is 0 Å². The lowest BCUT2D eigenvalue weighted by Crippen LogP contribution is -2.14. The molecule has 0 bridgehead atoms. The van der Waals surface area contributed by atoms with E-state index in [2.05, 4.69) is 5.32 Å². The molecule has 0 atom stereocenters. The van der Waals surface area contributed by atoms with Crippen molar-refractivity contribution in [2.24, 2.45) is 0 Å². The SMILES string of the molecule is CC(C)N/C=C\O. The fraction of sp³-hybridized carbons (Fsp3) is 0.600. The zero-order chi connectivity index (χ0) is 5.70. The standard InChI is InChI=1S/C5H11NO/c1-5(2)6-3-4-7/h3-7H,1-2H3/b4-3-. The van der Waals surface area contributed by atoms with Gasteiger partial charge in [0.15, 0.2) is 0 Å². The minimum atomic E-state index is 0.406. The highest BCUT2D eigenvalue weighted by Crippen LogP contribution is 1.72. The normalized spacial score (nSPS) is 10.7. The van der Waals surface area contributed by atoms with Gasteiger partial charge in [0.1, 0.15) is 0 Å². The summed E-state index contributed by atoms with van der Waals surface area (Å²) in [5, 5.41) is 10.9. The Morgan fingerprint density at radius 3 is 2.29 bits per heavy atom. The smallest absolute Gasteiger partial charge is 0.0948 e. The maximum atomic E-state index is 8.07. The van der Waals surface area contributed by atoms with E-state index in [-0.39, 0.29) is 0 Å². The number of nitrogens with one attached hydrogen (secondary N) is 1. The summed E-state index contributed by atoms with van der Waals surface area (Å²) in [5.41, 5.74) is 0. The summed E-state index contributed by atoms with van der Waals surface area (Å²) in [6, 6.07) is 0.406. The Morgan fingerprint density at radius 2 is 2.14 bits per heavy atom. The molecule has 0 aromatic rings. The second-order valence-electron chi connectivity index (χ2n) is 1.64. The van der Waals surface area contributed by atoms with Crippen molar-refractivity contribution < 1.29 is 5.11 Å². The highest BCUT2D eigenvalue weighted by Gasteiger charge is 1.80. The fourth-order valence-electron chi connectivity index (χ4n) is 0.235. The van der Waals surface area contributed by atoms with Gasteiger partial charge in [-0.1, -0.05) is 0 Å². The van der Waals surface area contributed by atoms with Gasteiger partial charge in [-0.25, -0.2) is 0 Å². The Morgan fingerprint density at radius 1 is 1.57 bits per heavy atom. The van der Waals surface area contributed by atoms with E-state index in [1.165, 1.54) is 6.20 Å². The number of aliphatic hydroxyl groups excluding tert-OH is 1. The molecule has 2 nitrogen and oxygen atoms in total. The molecule has 0 radical (unpaired) electrons. The van der Waals surface area contributed by atoms with E-state index >= 15 is 0 Å². The Bertz CT molecular complexity index is 59.1. The van der Waals surface area contributed by atoms with Crippen LogP contribution in [-0.4, -0.2) is 11.1 Å². The zero-order valence-electron chi connectivity index (χ0n) is 4.68. The van der Waals surface area contributed by atoms with Gasteiger partial charge in [0.25, 0.3) is 0 Å². The molecule has 0 spiro atoms. The Hall–Kier alpha value is -0.660. The van der Waals surface area contributed by atoms with Gasteiger partial charge in [0.2, 0.25) is 0 Å². The van der Waals surface area contributed by atoms with E-state index < -0.39 is 0 Å². The van der Waals surface area contributed by atoms with Crippen LogP contribution in [0, 0.1) is 0 Å². The Kier molecular flexibility index (Phi) is 3.19. The van der Waals surface area contributed by atoms with Crippen LogP contribution < -0.4 is 5.32 Å². The molecule has 42 valence electrons. The van der Waals surface area contributed by atoms with Crippen molar-refractivity contribution in [3.63, 3.8) is 0 Å². The first-order valence-electron chi connectivity index (χ1n) is 2.32. The average Bonchev–Trinajstić information content (AvgIpc) is 1.61. The van der Waals surface area contributed by atoms with Crippen molar-refractivity contribution in [1.82, 2.24) is 5.32 Å². The van der Waals surface area contributed by atoms with Crippen LogP contribution in [0.1, 0.15) is 13.8 Å². The molecule has 0 fully saturated rings. The van der Waals surface area contributed by atoms with Crippen LogP contribution in [0.4, 0.5) is 0 Å². The minimum absolute atomic E-state index is 0.406. The summed E-state index contributed by atoms with van der Waals surface area (Å²) in [7, 11) is 0. The molecule has 0 saturated carbocycles. The number of rotatable bonds is 2. The largest absolute Gasteiger partial charge is 0.514 e. The fourth-order valence-corrected chi connectivity index (χ4v) is 0.235. The first-order chi connectivity index (χ1) is 3.27. The van der Waals surface area contributed by atoms with Crippen LogP contribution >= 0.6 is 0 Å². The highest BCUT2D eigenvalue weighted by molar-refractivity contribution is 4.70. The van der Waals surface area contributed by atoms with E-state index in [0.717, 1.165) is 6.26 Å². The molecular formula is C5H11NO. The van der Waals surface area contributed by atoms with E-state index in [1.54, 1.807) is 0 Å². The van der Waals surface area contributed by atoms with Crippen molar-refractivity contribution in [3.8, 4) is 0 Å². The van der Waals surface area contributed by atoms with E-state index in [4.69, 9.17) is 5.11 Å². The van der Waals surface area contributed by atoms with Gasteiger partial charge in [-0.3, -0.25) is 0 Å². The lowest BCUT2D eigenvalue weighted by atomic mass is 10.4. The summed E-state index contributed by atoms with van der Waals surface area (Å²) in [6.45, 7) is 4.00. The molecule has 2 N–H and O–H groups in total. The highest BCUT2D eigenvalue weighted by atomic mass is 16.2. The van der Waals surface area contributed by atoms with Gasteiger partial charge in [0.05, 0.1) is 6.26 Å². The summed E-state index contributed by atoms with van der Waals surface area (Å²) >= 11 is 0. The molecule has 0 aliphatic heterocycles. The van der Waals surface area contributed by atoms with Crippen molar-refractivity contribution in [3.05, 3.63) is 12.5 Å².